The molecule has 0 radical (unpaired) electrons. The maximum absolute atomic E-state index is 12.8. The Bertz CT molecular complexity index is 521. The normalized spacial score (nSPS) is 37.1. The standard InChI is InChI=1S/C14H18FNO6/c15-9-1-3-10(4-2-9)21-6-5-16-13(7-17)11(19)12(20)14(16,8-18)22-13/h1-4,11-12,17-20H,5-8H2/t11-,12-,13-,14+/m0/s1. The summed E-state index contributed by atoms with van der Waals surface area (Å²) in [6, 6.07) is 5.49. The summed E-state index contributed by atoms with van der Waals surface area (Å²) in [7, 11) is 0. The van der Waals surface area contributed by atoms with E-state index in [0.717, 1.165) is 0 Å². The first-order valence-corrected chi connectivity index (χ1v) is 6.94. The first kappa shape index (κ1) is 15.6. The van der Waals surface area contributed by atoms with Crippen LogP contribution in [0.15, 0.2) is 24.3 Å². The molecule has 3 aliphatic rings. The van der Waals surface area contributed by atoms with Gasteiger partial charge in [-0.05, 0) is 24.3 Å². The number of halogens is 1. The highest BCUT2D eigenvalue weighted by Crippen LogP contribution is 2.54. The number of hydrogen-bond acceptors (Lipinski definition) is 7. The number of nitrogens with zero attached hydrogens (tertiary/aromatic N) is 1. The molecule has 4 rings (SSSR count). The Hall–Kier alpha value is -1.29. The molecule has 3 saturated heterocycles. The molecule has 0 aromatic heterocycles. The van der Waals surface area contributed by atoms with Crippen molar-refractivity contribution < 1.29 is 34.3 Å². The van der Waals surface area contributed by atoms with Crippen molar-refractivity contribution >= 4 is 0 Å². The van der Waals surface area contributed by atoms with Gasteiger partial charge in [0.25, 0.3) is 0 Å². The topological polar surface area (TPSA) is 103 Å². The number of aliphatic hydroxyl groups excluding tert-OH is 4. The van der Waals surface area contributed by atoms with E-state index >= 15 is 0 Å². The quantitative estimate of drug-likeness (QED) is 0.515. The van der Waals surface area contributed by atoms with Crippen LogP contribution in [0, 0.1) is 5.82 Å². The summed E-state index contributed by atoms with van der Waals surface area (Å²) in [5.41, 5.74) is -2.84. The Morgan fingerprint density at radius 2 is 1.64 bits per heavy atom. The van der Waals surface area contributed by atoms with Crippen LogP contribution >= 0.6 is 0 Å². The number of aliphatic hydroxyl groups is 4. The van der Waals surface area contributed by atoms with Crippen LogP contribution in [0.3, 0.4) is 0 Å². The molecule has 0 unspecified atom stereocenters. The van der Waals surface area contributed by atoms with E-state index in [1.165, 1.54) is 29.2 Å². The minimum absolute atomic E-state index is 0.151. The highest BCUT2D eigenvalue weighted by molar-refractivity contribution is 5.23. The third kappa shape index (κ3) is 1.96. The average molecular weight is 315 g/mol. The molecule has 8 heteroatoms. The van der Waals surface area contributed by atoms with Crippen molar-refractivity contribution in [3.8, 4) is 5.75 Å². The van der Waals surface area contributed by atoms with E-state index in [1.807, 2.05) is 0 Å². The van der Waals surface area contributed by atoms with Crippen molar-refractivity contribution in [2.24, 2.45) is 0 Å². The predicted octanol–water partition coefficient (Wildman–Crippen LogP) is -1.35. The average Bonchev–Trinajstić information content (AvgIpc) is 2.84. The molecule has 4 N–H and O–H groups in total. The number of hydrogen-bond donors (Lipinski definition) is 4. The third-order valence-electron chi connectivity index (χ3n) is 4.34. The summed E-state index contributed by atoms with van der Waals surface area (Å²) >= 11 is 0. The minimum Gasteiger partial charge on any atom is -0.492 e. The molecular formula is C14H18FNO6. The molecule has 0 aliphatic carbocycles. The maximum atomic E-state index is 12.8. The maximum Gasteiger partial charge on any atom is 0.178 e. The minimum atomic E-state index is -1.42. The van der Waals surface area contributed by atoms with E-state index in [1.54, 1.807) is 0 Å². The molecular weight excluding hydrogens is 297 g/mol. The molecule has 122 valence electrons. The van der Waals surface area contributed by atoms with Crippen LogP contribution in [0.2, 0.25) is 0 Å². The van der Waals surface area contributed by atoms with Crippen LogP contribution < -0.4 is 4.74 Å². The molecule has 22 heavy (non-hydrogen) atoms. The van der Waals surface area contributed by atoms with Crippen molar-refractivity contribution in [3.05, 3.63) is 30.1 Å². The number of fused-ring (bicyclic) bond motifs is 1. The van der Waals surface area contributed by atoms with E-state index in [9.17, 15) is 24.8 Å². The van der Waals surface area contributed by atoms with Crippen LogP contribution in [0.1, 0.15) is 0 Å². The summed E-state index contributed by atoms with van der Waals surface area (Å²) in [5, 5.41) is 39.0. The van der Waals surface area contributed by atoms with Gasteiger partial charge in [-0.3, -0.25) is 0 Å². The molecule has 3 aliphatic heterocycles. The Morgan fingerprint density at radius 3 is 2.14 bits per heavy atom. The van der Waals surface area contributed by atoms with Gasteiger partial charge in [0.15, 0.2) is 11.4 Å². The Morgan fingerprint density at radius 1 is 1.09 bits per heavy atom. The van der Waals surface area contributed by atoms with Crippen LogP contribution in [0.5, 0.6) is 5.75 Å². The van der Waals surface area contributed by atoms with Crippen LogP contribution in [-0.4, -0.2) is 75.3 Å². The summed E-state index contributed by atoms with van der Waals surface area (Å²) in [6.45, 7) is -0.697. The summed E-state index contributed by atoms with van der Waals surface area (Å²) in [5.74, 6) is 0.0960. The van der Waals surface area contributed by atoms with E-state index < -0.39 is 36.9 Å². The van der Waals surface area contributed by atoms with Gasteiger partial charge >= 0.3 is 0 Å². The lowest BCUT2D eigenvalue weighted by Crippen LogP contribution is -2.75. The lowest BCUT2D eigenvalue weighted by atomic mass is 10.1. The Labute approximate surface area is 126 Å². The van der Waals surface area contributed by atoms with Crippen molar-refractivity contribution in [2.45, 2.75) is 23.7 Å². The number of ether oxygens (including phenoxy) is 2. The monoisotopic (exact) mass is 315 g/mol. The van der Waals surface area contributed by atoms with E-state index in [-0.39, 0.29) is 19.0 Å². The third-order valence-corrected chi connectivity index (χ3v) is 4.34. The lowest BCUT2D eigenvalue weighted by Gasteiger charge is -2.56. The molecule has 3 heterocycles. The fraction of sp³-hybridized carbons (Fsp3) is 0.571. The smallest absolute Gasteiger partial charge is 0.178 e. The summed E-state index contributed by atoms with van der Waals surface area (Å²) < 4.78 is 23.6. The van der Waals surface area contributed by atoms with Crippen molar-refractivity contribution in [2.75, 3.05) is 26.4 Å². The molecule has 7 nitrogen and oxygen atoms in total. The Balaban J connectivity index is 1.65. The molecule has 4 atom stereocenters. The fourth-order valence-corrected chi connectivity index (χ4v) is 3.22. The SMILES string of the molecule is OC[C@]12O[C@](CO)([C@@H](O)[C@@H]1O)N2CCOc1ccc(F)cc1. The van der Waals surface area contributed by atoms with Gasteiger partial charge in [0.1, 0.15) is 30.4 Å². The summed E-state index contributed by atoms with van der Waals surface area (Å²) in [6.07, 6.45) is -2.65. The van der Waals surface area contributed by atoms with Crippen molar-refractivity contribution in [1.82, 2.24) is 4.90 Å². The molecule has 0 saturated carbocycles. The van der Waals surface area contributed by atoms with Crippen molar-refractivity contribution in [1.29, 1.82) is 0 Å². The largest absolute Gasteiger partial charge is 0.492 e. The molecule has 3 fully saturated rings. The van der Waals surface area contributed by atoms with E-state index in [2.05, 4.69) is 0 Å². The zero-order valence-corrected chi connectivity index (χ0v) is 11.7. The molecule has 0 spiro atoms. The summed E-state index contributed by atoms with van der Waals surface area (Å²) in [4.78, 5) is 1.50. The van der Waals surface area contributed by atoms with Gasteiger partial charge < -0.3 is 29.9 Å². The molecule has 2 bridgehead atoms. The molecule has 1 aromatic carbocycles. The first-order chi connectivity index (χ1) is 10.5. The van der Waals surface area contributed by atoms with Crippen LogP contribution in [-0.2, 0) is 4.74 Å². The second kappa shape index (κ2) is 5.41. The van der Waals surface area contributed by atoms with Gasteiger partial charge in [-0.15, -0.1) is 0 Å². The number of benzene rings is 1. The number of rotatable bonds is 6. The second-order valence-corrected chi connectivity index (χ2v) is 5.45. The first-order valence-electron chi connectivity index (χ1n) is 6.94. The van der Waals surface area contributed by atoms with Crippen molar-refractivity contribution in [3.63, 3.8) is 0 Å². The van der Waals surface area contributed by atoms with Gasteiger partial charge in [-0.25, -0.2) is 9.29 Å². The molecule has 0 amide bonds. The lowest BCUT2D eigenvalue weighted by molar-refractivity contribution is -0.403. The fourth-order valence-electron chi connectivity index (χ4n) is 3.22. The van der Waals surface area contributed by atoms with Crippen LogP contribution in [0.25, 0.3) is 0 Å². The highest BCUT2D eigenvalue weighted by Gasteiger charge is 2.78. The van der Waals surface area contributed by atoms with Gasteiger partial charge in [-0.1, -0.05) is 0 Å². The van der Waals surface area contributed by atoms with Gasteiger partial charge in [0.2, 0.25) is 0 Å². The van der Waals surface area contributed by atoms with Gasteiger partial charge in [-0.2, -0.15) is 0 Å². The highest BCUT2D eigenvalue weighted by atomic mass is 19.1. The zero-order chi connectivity index (χ0) is 16.0. The van der Waals surface area contributed by atoms with Gasteiger partial charge in [0.05, 0.1) is 13.2 Å². The van der Waals surface area contributed by atoms with E-state index in [4.69, 9.17) is 9.47 Å². The van der Waals surface area contributed by atoms with E-state index in [0.29, 0.717) is 5.75 Å². The zero-order valence-electron chi connectivity index (χ0n) is 11.7. The Kier molecular flexibility index (Phi) is 3.84. The predicted molar refractivity (Wildman–Crippen MR) is 71.3 cm³/mol. The molecule has 1 aromatic rings. The van der Waals surface area contributed by atoms with Gasteiger partial charge in [0, 0.05) is 6.54 Å². The van der Waals surface area contributed by atoms with Crippen LogP contribution in [0.4, 0.5) is 4.39 Å². The second-order valence-electron chi connectivity index (χ2n) is 5.45.